The minimum Gasteiger partial charge on any atom is -0.347 e. The standard InChI is InChI=1S/C69H91N11O9S/c1-41(70-8)60(82)76-58(68(3,4)5)66(88)80-39-50(37-56(80)65(87)75-54-26-18-22-44-20-12-14-24-52(44)54)73-63(85)46-29-27-45(28-30-46)62(84)72-49-32-31-47-36-55(64(86)74-53-25-17-21-43-19-11-13-23-51(43)53)79(38-48(47)35-49)67(89)59(77-61(83)42(2)71-9)69(6,7)90-40-57(81)78-33-15-10-16-34-78/h11-14,19-20,23-24,27-32,35,41-42,50,53-56,58-59,70-71H,10,15-18,21-22,25-26,33-34,36-40H2,1-9H3,(H,72,84)(H,73,85)(H,74,86)(H,75,87)(H,76,82)(H,77,83)/t41-,42-,50-,53+,54+,55-,56-,58?,59?/m0/s1. The number of thioether (sulfide) groups is 1. The van der Waals surface area contributed by atoms with Crippen molar-refractivity contribution in [2.75, 3.05) is 44.8 Å². The zero-order chi connectivity index (χ0) is 64.6. The monoisotopic (exact) mass is 1250 g/mol. The predicted molar refractivity (Wildman–Crippen MR) is 348 cm³/mol. The smallest absolute Gasteiger partial charge is 0.255 e. The molecule has 2 aliphatic carbocycles. The van der Waals surface area contributed by atoms with E-state index in [2.05, 4.69) is 54.7 Å². The molecule has 2 saturated heterocycles. The molecule has 3 heterocycles. The van der Waals surface area contributed by atoms with E-state index in [-0.39, 0.29) is 78.5 Å². The van der Waals surface area contributed by atoms with Crippen molar-refractivity contribution in [2.24, 2.45) is 5.41 Å². The molecule has 9 atom stereocenters. The number of likely N-dealkylation sites (tertiary alicyclic amines) is 2. The van der Waals surface area contributed by atoms with E-state index in [1.807, 2.05) is 82.0 Å². The fourth-order valence-corrected chi connectivity index (χ4v) is 14.0. The summed E-state index contributed by atoms with van der Waals surface area (Å²) in [5.41, 5.74) is 6.08. The van der Waals surface area contributed by atoms with Gasteiger partial charge in [-0.15, -0.1) is 11.8 Å². The second-order valence-electron chi connectivity index (χ2n) is 26.5. The van der Waals surface area contributed by atoms with Gasteiger partial charge in [0.2, 0.25) is 41.4 Å². The lowest BCUT2D eigenvalue weighted by molar-refractivity contribution is -0.145. The van der Waals surface area contributed by atoms with Gasteiger partial charge in [-0.05, 0) is 181 Å². The number of fused-ring (bicyclic) bond motifs is 3. The Bertz CT molecular complexity index is 3330. The van der Waals surface area contributed by atoms with E-state index in [0.29, 0.717) is 24.3 Å². The third-order valence-corrected chi connectivity index (χ3v) is 20.1. The van der Waals surface area contributed by atoms with Crippen LogP contribution in [0.2, 0.25) is 0 Å². The Morgan fingerprint density at radius 1 is 0.578 bits per heavy atom. The van der Waals surface area contributed by atoms with Crippen LogP contribution in [0.5, 0.6) is 0 Å². The number of benzene rings is 4. The third kappa shape index (κ3) is 15.7. The summed E-state index contributed by atoms with van der Waals surface area (Å²) in [5, 5.41) is 24.4. The number of hydrogen-bond acceptors (Lipinski definition) is 12. The number of hydrogen-bond donors (Lipinski definition) is 8. The van der Waals surface area contributed by atoms with Crippen LogP contribution in [0.4, 0.5) is 5.69 Å². The van der Waals surface area contributed by atoms with Crippen molar-refractivity contribution < 1.29 is 43.2 Å². The average Bonchev–Trinajstić information content (AvgIpc) is 3.17. The van der Waals surface area contributed by atoms with Crippen molar-refractivity contribution in [1.82, 2.24) is 51.9 Å². The number of carbonyl (C=O) groups is 9. The Balaban J connectivity index is 0.917. The number of nitrogens with one attached hydrogen (secondary N) is 8. The van der Waals surface area contributed by atoms with Crippen LogP contribution < -0.4 is 42.5 Å². The molecule has 0 radical (unpaired) electrons. The average molecular weight is 1250 g/mol. The summed E-state index contributed by atoms with van der Waals surface area (Å²) < 4.78 is -1.02. The molecule has 21 heteroatoms. The topological polar surface area (TPSA) is 260 Å². The van der Waals surface area contributed by atoms with Gasteiger partial charge < -0.3 is 57.2 Å². The van der Waals surface area contributed by atoms with Crippen LogP contribution >= 0.6 is 11.8 Å². The first-order valence-electron chi connectivity index (χ1n) is 32.0. The van der Waals surface area contributed by atoms with Gasteiger partial charge in [-0.1, -0.05) is 75.4 Å². The molecule has 2 unspecified atom stereocenters. The Morgan fingerprint density at radius 2 is 1.11 bits per heavy atom. The largest absolute Gasteiger partial charge is 0.347 e. The molecule has 0 saturated carbocycles. The molecule has 2 fully saturated rings. The van der Waals surface area contributed by atoms with Crippen molar-refractivity contribution in [2.45, 2.75) is 185 Å². The summed E-state index contributed by atoms with van der Waals surface area (Å²) in [6, 6.07) is 21.1. The Kier molecular flexibility index (Phi) is 21.6. The van der Waals surface area contributed by atoms with Gasteiger partial charge in [0.15, 0.2) is 0 Å². The highest BCUT2D eigenvalue weighted by Crippen LogP contribution is 2.37. The molecule has 0 bridgehead atoms. The molecule has 5 aliphatic rings. The summed E-state index contributed by atoms with van der Waals surface area (Å²) in [6.07, 6.45) is 8.24. The molecular formula is C69H91N11O9S. The number of anilines is 1. The lowest BCUT2D eigenvalue weighted by atomic mass is 9.85. The molecule has 482 valence electrons. The Hall–Kier alpha value is -7.62. The lowest BCUT2D eigenvalue weighted by Gasteiger charge is -2.42. The SMILES string of the molecule is CN[C@@H](C)C(=O)NC(C(=O)N1C[C@@H](NC(=O)c2ccc(C(=O)Nc3ccc4c(c3)CN(C(=O)C(NC(=O)[C@H](C)NC)C(C)(C)SCC(=O)N3CCCCC3)[C@H](C(=O)N[C@@H]3CCCc5ccccc53)C4)cc2)C[C@H]1C(=O)N[C@@H]1CCCc2ccccc21)C(C)(C)C. The maximum absolute atomic E-state index is 15.5. The van der Waals surface area contributed by atoms with Crippen LogP contribution in [0.3, 0.4) is 0 Å². The van der Waals surface area contributed by atoms with Crippen molar-refractivity contribution in [1.29, 1.82) is 0 Å². The van der Waals surface area contributed by atoms with Crippen molar-refractivity contribution in [3.05, 3.63) is 136 Å². The highest BCUT2D eigenvalue weighted by Gasteiger charge is 2.48. The second-order valence-corrected chi connectivity index (χ2v) is 28.2. The van der Waals surface area contributed by atoms with Crippen LogP contribution in [0.15, 0.2) is 91.0 Å². The minimum absolute atomic E-state index is 0.00967. The van der Waals surface area contributed by atoms with E-state index in [9.17, 15) is 38.4 Å². The Labute approximate surface area is 533 Å². The molecule has 4 aromatic carbocycles. The number of rotatable bonds is 20. The van der Waals surface area contributed by atoms with E-state index in [1.54, 1.807) is 40.1 Å². The van der Waals surface area contributed by atoms with E-state index in [0.717, 1.165) is 80.0 Å². The first-order valence-corrected chi connectivity index (χ1v) is 33.0. The molecule has 9 amide bonds. The normalized spacial score (nSPS) is 21.2. The number of piperidine rings is 1. The predicted octanol–water partition coefficient (Wildman–Crippen LogP) is 6.03. The number of carbonyl (C=O) groups excluding carboxylic acids is 9. The summed E-state index contributed by atoms with van der Waals surface area (Å²) in [7, 11) is 3.31. The van der Waals surface area contributed by atoms with Gasteiger partial charge in [0.1, 0.15) is 24.2 Å². The van der Waals surface area contributed by atoms with Gasteiger partial charge in [0.05, 0.1) is 29.9 Å². The minimum atomic E-state index is -1.16. The van der Waals surface area contributed by atoms with Gasteiger partial charge >= 0.3 is 0 Å². The molecule has 8 N–H and O–H groups in total. The van der Waals surface area contributed by atoms with E-state index < -0.39 is 82.0 Å². The van der Waals surface area contributed by atoms with Crippen LogP contribution in [0.25, 0.3) is 0 Å². The molecule has 90 heavy (non-hydrogen) atoms. The maximum Gasteiger partial charge on any atom is 0.255 e. The molecule has 3 aliphatic heterocycles. The van der Waals surface area contributed by atoms with E-state index in [4.69, 9.17) is 0 Å². The third-order valence-electron chi connectivity index (χ3n) is 18.7. The second kappa shape index (κ2) is 29.1. The highest BCUT2D eigenvalue weighted by molar-refractivity contribution is 8.01. The summed E-state index contributed by atoms with van der Waals surface area (Å²) in [5.74, 6) is -3.25. The number of nitrogens with zero attached hydrogens (tertiary/aromatic N) is 3. The van der Waals surface area contributed by atoms with Crippen molar-refractivity contribution >= 4 is 70.6 Å². The summed E-state index contributed by atoms with van der Waals surface area (Å²) >= 11 is 1.30. The molecular weight excluding hydrogens is 1160 g/mol. The summed E-state index contributed by atoms with van der Waals surface area (Å²) in [4.78, 5) is 133. The molecule has 20 nitrogen and oxygen atoms in total. The molecule has 9 rings (SSSR count). The highest BCUT2D eigenvalue weighted by atomic mass is 32.2. The quantitative estimate of drug-likeness (QED) is 0.0505. The van der Waals surface area contributed by atoms with Crippen molar-refractivity contribution in [3.63, 3.8) is 0 Å². The fraction of sp³-hybridized carbons (Fsp3) is 0.522. The Morgan fingerprint density at radius 3 is 1.68 bits per heavy atom. The van der Waals surface area contributed by atoms with Gasteiger partial charge in [-0.25, -0.2) is 0 Å². The van der Waals surface area contributed by atoms with Gasteiger partial charge in [0, 0.05) is 60.2 Å². The first kappa shape index (κ1) is 66.8. The van der Waals surface area contributed by atoms with Gasteiger partial charge in [-0.3, -0.25) is 43.2 Å². The maximum atomic E-state index is 15.5. The van der Waals surface area contributed by atoms with Gasteiger partial charge in [-0.2, -0.15) is 0 Å². The molecule has 4 aromatic rings. The lowest BCUT2D eigenvalue weighted by Crippen LogP contribution is -2.63. The van der Waals surface area contributed by atoms with Gasteiger partial charge in [0.25, 0.3) is 11.8 Å². The zero-order valence-electron chi connectivity index (χ0n) is 53.6. The number of amides is 9. The van der Waals surface area contributed by atoms with Crippen LogP contribution in [0.1, 0.15) is 166 Å². The number of likely N-dealkylation sites (N-methyl/N-ethyl adjacent to an activating group) is 2. The molecule has 0 spiro atoms. The first-order chi connectivity index (χ1) is 42.9. The zero-order valence-corrected chi connectivity index (χ0v) is 54.4. The fourth-order valence-electron chi connectivity index (χ4n) is 13.0. The van der Waals surface area contributed by atoms with E-state index >= 15 is 4.79 Å². The van der Waals surface area contributed by atoms with Crippen LogP contribution in [-0.2, 0) is 59.4 Å². The number of aryl methyl sites for hydroxylation is 2. The molecule has 0 aromatic heterocycles. The van der Waals surface area contributed by atoms with Crippen LogP contribution in [0, 0.1) is 5.41 Å². The van der Waals surface area contributed by atoms with Crippen molar-refractivity contribution in [3.8, 4) is 0 Å². The summed E-state index contributed by atoms with van der Waals surface area (Å²) in [6.45, 7) is 14.0. The van der Waals surface area contributed by atoms with Crippen LogP contribution in [-0.4, -0.2) is 154 Å². The van der Waals surface area contributed by atoms with E-state index in [1.165, 1.54) is 51.4 Å².